The molecule has 0 aliphatic heterocycles. The molecule has 0 bridgehead atoms. The monoisotopic (exact) mass is 388 g/mol. The van der Waals surface area contributed by atoms with Gasteiger partial charge < -0.3 is 15.1 Å². The van der Waals surface area contributed by atoms with Crippen LogP contribution in [0.15, 0.2) is 65.4 Å². The van der Waals surface area contributed by atoms with Crippen LogP contribution in [0.2, 0.25) is 0 Å². The van der Waals surface area contributed by atoms with Gasteiger partial charge in [0, 0.05) is 11.9 Å². The highest BCUT2D eigenvalue weighted by atomic mass is 16.3. The third-order valence-corrected chi connectivity index (χ3v) is 4.69. The first kappa shape index (κ1) is 18.5. The quantitative estimate of drug-likeness (QED) is 0.545. The lowest BCUT2D eigenvalue weighted by atomic mass is 10.1. The van der Waals surface area contributed by atoms with Crippen molar-refractivity contribution in [2.45, 2.75) is 20.4 Å². The summed E-state index contributed by atoms with van der Waals surface area (Å²) in [5.41, 5.74) is 3.41. The molecule has 0 saturated heterocycles. The van der Waals surface area contributed by atoms with Crippen molar-refractivity contribution in [1.29, 1.82) is 0 Å². The molecule has 4 rings (SSSR count). The van der Waals surface area contributed by atoms with Gasteiger partial charge in [-0.05, 0) is 49.2 Å². The van der Waals surface area contributed by atoms with Gasteiger partial charge in [0.2, 0.25) is 5.82 Å². The van der Waals surface area contributed by atoms with Crippen LogP contribution < -0.4 is 10.6 Å². The highest BCUT2D eigenvalue weighted by Gasteiger charge is 2.22. The fourth-order valence-electron chi connectivity index (χ4n) is 3.21. The number of benzene rings is 1. The molecular weight excluding hydrogens is 368 g/mol. The van der Waals surface area contributed by atoms with E-state index in [9.17, 15) is 9.59 Å². The highest BCUT2D eigenvalue weighted by molar-refractivity contribution is 6.09. The summed E-state index contributed by atoms with van der Waals surface area (Å²) in [4.78, 5) is 30.0. The van der Waals surface area contributed by atoms with E-state index in [0.29, 0.717) is 11.3 Å². The number of amides is 2. The number of imidazole rings is 1. The predicted octanol–water partition coefficient (Wildman–Crippen LogP) is 3.73. The Bertz CT molecular complexity index is 1170. The number of aromatic nitrogens is 2. The Morgan fingerprint density at radius 1 is 1.00 bits per heavy atom. The molecule has 7 heteroatoms. The number of hydrogen-bond donors (Lipinski definition) is 2. The van der Waals surface area contributed by atoms with Gasteiger partial charge in [0.05, 0.1) is 18.3 Å². The zero-order chi connectivity index (χ0) is 20.4. The Morgan fingerprint density at radius 3 is 2.52 bits per heavy atom. The highest BCUT2D eigenvalue weighted by Crippen LogP contribution is 2.21. The Kier molecular flexibility index (Phi) is 4.87. The Morgan fingerprint density at radius 2 is 1.79 bits per heavy atom. The number of fused-ring (bicyclic) bond motifs is 1. The lowest BCUT2D eigenvalue weighted by molar-refractivity contribution is 0.0937. The number of aryl methyl sites for hydroxylation is 2. The first-order valence-corrected chi connectivity index (χ1v) is 9.20. The van der Waals surface area contributed by atoms with Crippen LogP contribution in [0.25, 0.3) is 5.52 Å². The number of pyridine rings is 1. The fourth-order valence-corrected chi connectivity index (χ4v) is 3.21. The third kappa shape index (κ3) is 3.62. The molecule has 4 aromatic rings. The van der Waals surface area contributed by atoms with Gasteiger partial charge in [-0.3, -0.25) is 14.0 Å². The number of anilines is 1. The molecule has 3 heterocycles. The number of nitrogens with one attached hydrogen (secondary N) is 2. The molecule has 0 aliphatic rings. The van der Waals surface area contributed by atoms with Crippen LogP contribution in [0.1, 0.15) is 38.0 Å². The van der Waals surface area contributed by atoms with Crippen LogP contribution >= 0.6 is 0 Å². The van der Waals surface area contributed by atoms with Gasteiger partial charge in [-0.2, -0.15) is 0 Å². The van der Waals surface area contributed by atoms with Gasteiger partial charge in [0.1, 0.15) is 5.76 Å². The van der Waals surface area contributed by atoms with E-state index >= 15 is 0 Å². The largest absolute Gasteiger partial charge is 0.467 e. The molecule has 0 saturated carbocycles. The van der Waals surface area contributed by atoms with E-state index in [2.05, 4.69) is 15.6 Å². The van der Waals surface area contributed by atoms with Crippen LogP contribution in [-0.2, 0) is 6.54 Å². The molecule has 0 aliphatic carbocycles. The average molecular weight is 388 g/mol. The number of para-hydroxylation sites is 1. The smallest absolute Gasteiger partial charge is 0.288 e. The zero-order valence-electron chi connectivity index (χ0n) is 16.1. The van der Waals surface area contributed by atoms with Crippen LogP contribution in [0.4, 0.5) is 5.69 Å². The molecule has 0 atom stereocenters. The topological polar surface area (TPSA) is 88.6 Å². The van der Waals surface area contributed by atoms with Crippen LogP contribution in [-0.4, -0.2) is 21.2 Å². The summed E-state index contributed by atoms with van der Waals surface area (Å²) in [7, 11) is 0. The lowest BCUT2D eigenvalue weighted by Crippen LogP contribution is -2.25. The second-order valence-corrected chi connectivity index (χ2v) is 6.72. The van der Waals surface area contributed by atoms with Gasteiger partial charge in [-0.1, -0.05) is 24.3 Å². The Hall–Kier alpha value is -3.87. The second kappa shape index (κ2) is 7.63. The van der Waals surface area contributed by atoms with Crippen molar-refractivity contribution < 1.29 is 14.0 Å². The third-order valence-electron chi connectivity index (χ3n) is 4.69. The van der Waals surface area contributed by atoms with E-state index in [0.717, 1.165) is 16.8 Å². The average Bonchev–Trinajstić information content (AvgIpc) is 3.37. The first-order valence-electron chi connectivity index (χ1n) is 9.20. The van der Waals surface area contributed by atoms with E-state index in [1.807, 2.05) is 32.0 Å². The lowest BCUT2D eigenvalue weighted by Gasteiger charge is -2.10. The molecule has 1 aromatic carbocycles. The van der Waals surface area contributed by atoms with E-state index in [1.165, 1.54) is 0 Å². The number of furan rings is 1. The summed E-state index contributed by atoms with van der Waals surface area (Å²) in [6.45, 7) is 4.10. The van der Waals surface area contributed by atoms with Crippen LogP contribution in [0, 0.1) is 13.8 Å². The van der Waals surface area contributed by atoms with Crippen LogP contribution in [0.3, 0.4) is 0 Å². The van der Waals surface area contributed by atoms with Gasteiger partial charge in [-0.25, -0.2) is 4.98 Å². The predicted molar refractivity (Wildman–Crippen MR) is 109 cm³/mol. The first-order chi connectivity index (χ1) is 14.0. The van der Waals surface area contributed by atoms with E-state index < -0.39 is 5.91 Å². The van der Waals surface area contributed by atoms with Crippen molar-refractivity contribution in [2.75, 3.05) is 5.32 Å². The van der Waals surface area contributed by atoms with Gasteiger partial charge in [-0.15, -0.1) is 0 Å². The maximum Gasteiger partial charge on any atom is 0.288 e. The summed E-state index contributed by atoms with van der Waals surface area (Å²) in [6.07, 6.45) is 3.25. The molecule has 29 heavy (non-hydrogen) atoms. The van der Waals surface area contributed by atoms with Crippen molar-refractivity contribution in [3.05, 3.63) is 89.4 Å². The van der Waals surface area contributed by atoms with Crippen molar-refractivity contribution in [2.24, 2.45) is 0 Å². The molecule has 2 N–H and O–H groups in total. The summed E-state index contributed by atoms with van der Waals surface area (Å²) in [5, 5.41) is 5.70. The normalized spacial score (nSPS) is 10.8. The minimum absolute atomic E-state index is 0.138. The standard InChI is InChI=1S/C22H20N4O3/c1-14-7-5-8-15(2)18(14)25-21(27)19-17-10-3-4-11-26(17)20(24-19)22(28)23-13-16-9-6-12-29-16/h3-12H,13H2,1-2H3,(H,23,28)(H,25,27). The number of carbonyl (C=O) groups is 2. The van der Waals surface area contributed by atoms with E-state index in [4.69, 9.17) is 4.42 Å². The fraction of sp³-hybridized carbons (Fsp3) is 0.136. The summed E-state index contributed by atoms with van der Waals surface area (Å²) in [5.74, 6) is 0.0101. The summed E-state index contributed by atoms with van der Waals surface area (Å²) < 4.78 is 6.84. The number of carbonyl (C=O) groups excluding carboxylic acids is 2. The van der Waals surface area contributed by atoms with E-state index in [1.54, 1.807) is 47.2 Å². The number of hydrogen-bond acceptors (Lipinski definition) is 4. The Balaban J connectivity index is 1.65. The zero-order valence-corrected chi connectivity index (χ0v) is 16.1. The molecule has 2 amide bonds. The van der Waals surface area contributed by atoms with Crippen molar-refractivity contribution in [1.82, 2.24) is 14.7 Å². The van der Waals surface area contributed by atoms with Crippen molar-refractivity contribution >= 4 is 23.0 Å². The van der Waals surface area contributed by atoms with E-state index in [-0.39, 0.29) is 24.0 Å². The Labute approximate surface area is 167 Å². The summed E-state index contributed by atoms with van der Waals surface area (Å²) in [6, 6.07) is 14.7. The minimum atomic E-state index is -0.395. The molecule has 7 nitrogen and oxygen atoms in total. The second-order valence-electron chi connectivity index (χ2n) is 6.72. The maximum atomic E-state index is 13.0. The van der Waals surface area contributed by atoms with Gasteiger partial charge in [0.25, 0.3) is 11.8 Å². The molecule has 0 unspecified atom stereocenters. The molecular formula is C22H20N4O3. The molecule has 146 valence electrons. The minimum Gasteiger partial charge on any atom is -0.467 e. The van der Waals surface area contributed by atoms with Gasteiger partial charge in [0.15, 0.2) is 5.69 Å². The molecule has 0 fully saturated rings. The number of rotatable bonds is 5. The molecule has 0 spiro atoms. The van der Waals surface area contributed by atoms with Crippen LogP contribution in [0.5, 0.6) is 0 Å². The molecule has 3 aromatic heterocycles. The van der Waals surface area contributed by atoms with Crippen molar-refractivity contribution in [3.63, 3.8) is 0 Å². The van der Waals surface area contributed by atoms with Crippen molar-refractivity contribution in [3.8, 4) is 0 Å². The van der Waals surface area contributed by atoms with Gasteiger partial charge >= 0.3 is 0 Å². The maximum absolute atomic E-state index is 13.0. The summed E-state index contributed by atoms with van der Waals surface area (Å²) >= 11 is 0. The molecule has 0 radical (unpaired) electrons. The number of nitrogens with zero attached hydrogens (tertiary/aromatic N) is 2. The SMILES string of the molecule is Cc1cccc(C)c1NC(=O)c1nc(C(=O)NCc2ccco2)n2ccccc12.